The standard InChI is InChI=1S/C17H27N3O/c1-5-12(6-2)9-13(7-3)14-8-11(4)16(18)20-10-15(14)17(19)21/h8,10,12-13H,4-7,9H2,1-3H3,(H2,18,20)(H2,19,21). The van der Waals surface area contributed by atoms with E-state index in [4.69, 9.17) is 11.5 Å². The van der Waals surface area contributed by atoms with Gasteiger partial charge in [0.2, 0.25) is 0 Å². The minimum Gasteiger partial charge on any atom is -0.383 e. The first-order valence-electron chi connectivity index (χ1n) is 7.68. The fourth-order valence-corrected chi connectivity index (χ4v) is 2.71. The van der Waals surface area contributed by atoms with Crippen LogP contribution in [0.15, 0.2) is 40.6 Å². The lowest BCUT2D eigenvalue weighted by atomic mass is 9.81. The van der Waals surface area contributed by atoms with Crippen LogP contribution < -0.4 is 11.5 Å². The molecule has 0 radical (unpaired) electrons. The number of aliphatic imine (C=N–C) groups is 1. The largest absolute Gasteiger partial charge is 0.383 e. The summed E-state index contributed by atoms with van der Waals surface area (Å²) >= 11 is 0. The third-order valence-corrected chi connectivity index (χ3v) is 4.27. The van der Waals surface area contributed by atoms with Crippen molar-refractivity contribution in [2.24, 2.45) is 28.3 Å². The molecule has 1 rings (SSSR count). The molecule has 0 spiro atoms. The van der Waals surface area contributed by atoms with E-state index in [2.05, 4.69) is 32.3 Å². The molecule has 1 aliphatic rings. The number of carbonyl (C=O) groups is 1. The molecular weight excluding hydrogens is 262 g/mol. The van der Waals surface area contributed by atoms with E-state index in [0.29, 0.717) is 22.9 Å². The molecule has 116 valence electrons. The number of carbonyl (C=O) groups excluding carboxylic acids is 1. The molecule has 21 heavy (non-hydrogen) atoms. The summed E-state index contributed by atoms with van der Waals surface area (Å²) < 4.78 is 0. The van der Waals surface area contributed by atoms with Gasteiger partial charge in [-0.1, -0.05) is 40.2 Å². The number of nitrogens with two attached hydrogens (primary N) is 2. The van der Waals surface area contributed by atoms with Crippen LogP contribution in [0, 0.1) is 11.8 Å². The fourth-order valence-electron chi connectivity index (χ4n) is 2.71. The molecule has 1 amide bonds. The average molecular weight is 289 g/mol. The second-order valence-corrected chi connectivity index (χ2v) is 5.57. The Hall–Kier alpha value is -1.84. The maximum absolute atomic E-state index is 11.7. The first-order valence-corrected chi connectivity index (χ1v) is 7.68. The number of hydrogen-bond acceptors (Lipinski definition) is 3. The predicted octanol–water partition coefficient (Wildman–Crippen LogP) is 3.06. The number of rotatable bonds is 7. The Balaban J connectivity index is 3.17. The number of amides is 1. The van der Waals surface area contributed by atoms with E-state index in [0.717, 1.165) is 31.3 Å². The lowest BCUT2D eigenvalue weighted by molar-refractivity contribution is -0.114. The molecular formula is C17H27N3O. The molecule has 0 saturated carbocycles. The van der Waals surface area contributed by atoms with Gasteiger partial charge in [-0.3, -0.25) is 4.79 Å². The van der Waals surface area contributed by atoms with Gasteiger partial charge >= 0.3 is 0 Å². The molecule has 1 unspecified atom stereocenters. The van der Waals surface area contributed by atoms with Gasteiger partial charge in [-0.25, -0.2) is 4.99 Å². The van der Waals surface area contributed by atoms with Gasteiger partial charge in [0.1, 0.15) is 5.84 Å². The zero-order chi connectivity index (χ0) is 16.0. The topological polar surface area (TPSA) is 81.5 Å². The Labute approximate surface area is 127 Å². The quantitative estimate of drug-likeness (QED) is 0.755. The van der Waals surface area contributed by atoms with Crippen molar-refractivity contribution in [3.63, 3.8) is 0 Å². The third-order valence-electron chi connectivity index (χ3n) is 4.27. The van der Waals surface area contributed by atoms with Crippen LogP contribution in [0.3, 0.4) is 0 Å². The first-order chi connectivity index (χ1) is 9.94. The number of amidine groups is 1. The fraction of sp³-hybridized carbons (Fsp3) is 0.529. The van der Waals surface area contributed by atoms with Gasteiger partial charge in [-0.2, -0.15) is 0 Å². The summed E-state index contributed by atoms with van der Waals surface area (Å²) in [6.45, 7) is 10.5. The van der Waals surface area contributed by atoms with Crippen LogP contribution in [0.4, 0.5) is 0 Å². The van der Waals surface area contributed by atoms with Crippen LogP contribution in [0.25, 0.3) is 0 Å². The molecule has 0 aliphatic carbocycles. The van der Waals surface area contributed by atoms with Crippen molar-refractivity contribution in [1.82, 2.24) is 0 Å². The Morgan fingerprint density at radius 3 is 2.38 bits per heavy atom. The Morgan fingerprint density at radius 2 is 1.90 bits per heavy atom. The highest BCUT2D eigenvalue weighted by Gasteiger charge is 2.24. The van der Waals surface area contributed by atoms with Crippen LogP contribution in [0.2, 0.25) is 0 Å². The summed E-state index contributed by atoms with van der Waals surface area (Å²) in [7, 11) is 0. The zero-order valence-electron chi connectivity index (χ0n) is 13.4. The van der Waals surface area contributed by atoms with Gasteiger partial charge in [0, 0.05) is 11.8 Å². The summed E-state index contributed by atoms with van der Waals surface area (Å²) in [5.74, 6) is 0.780. The van der Waals surface area contributed by atoms with Crippen LogP contribution in [-0.2, 0) is 4.79 Å². The molecule has 0 aromatic heterocycles. The van der Waals surface area contributed by atoms with Gasteiger partial charge < -0.3 is 11.5 Å². The third kappa shape index (κ3) is 4.31. The first kappa shape index (κ1) is 17.2. The van der Waals surface area contributed by atoms with Crippen LogP contribution in [-0.4, -0.2) is 11.7 Å². The Morgan fingerprint density at radius 1 is 1.29 bits per heavy atom. The SMILES string of the molecule is C=C1C=C(C(CC)CC(CC)CC)C(C(N)=O)=CN=C1N. The number of primary amides is 1. The predicted molar refractivity (Wildman–Crippen MR) is 88.6 cm³/mol. The van der Waals surface area contributed by atoms with Gasteiger partial charge in [0.25, 0.3) is 5.91 Å². The summed E-state index contributed by atoms with van der Waals surface area (Å²) in [6.07, 6.45) is 7.61. The summed E-state index contributed by atoms with van der Waals surface area (Å²) in [5, 5.41) is 0. The summed E-state index contributed by atoms with van der Waals surface area (Å²) in [5.41, 5.74) is 13.3. The highest BCUT2D eigenvalue weighted by Crippen LogP contribution is 2.32. The Bertz CT molecular complexity index is 496. The second kappa shape index (κ2) is 7.81. The van der Waals surface area contributed by atoms with E-state index in [1.165, 1.54) is 6.20 Å². The minimum absolute atomic E-state index is 0.270. The molecule has 0 aromatic rings. The van der Waals surface area contributed by atoms with Gasteiger partial charge in [0.15, 0.2) is 0 Å². The molecule has 4 N–H and O–H groups in total. The number of hydrogen-bond donors (Lipinski definition) is 2. The normalized spacial score (nSPS) is 17.0. The van der Waals surface area contributed by atoms with Crippen molar-refractivity contribution in [2.75, 3.05) is 0 Å². The van der Waals surface area contributed by atoms with Gasteiger partial charge in [-0.15, -0.1) is 0 Å². The van der Waals surface area contributed by atoms with Crippen LogP contribution >= 0.6 is 0 Å². The molecule has 0 aromatic carbocycles. The molecule has 0 fully saturated rings. The van der Waals surface area contributed by atoms with Crippen molar-refractivity contribution in [1.29, 1.82) is 0 Å². The highest BCUT2D eigenvalue weighted by molar-refractivity contribution is 6.03. The van der Waals surface area contributed by atoms with E-state index in [-0.39, 0.29) is 5.92 Å². The average Bonchev–Trinajstić information content (AvgIpc) is 2.60. The van der Waals surface area contributed by atoms with E-state index < -0.39 is 5.91 Å². The lowest BCUT2D eigenvalue weighted by Gasteiger charge is -2.24. The molecule has 4 heteroatoms. The van der Waals surface area contributed by atoms with Crippen molar-refractivity contribution >= 4 is 11.7 Å². The molecule has 1 heterocycles. The number of nitrogens with zero attached hydrogens (tertiary/aromatic N) is 1. The van der Waals surface area contributed by atoms with E-state index in [9.17, 15) is 4.79 Å². The maximum atomic E-state index is 11.7. The van der Waals surface area contributed by atoms with Crippen molar-refractivity contribution < 1.29 is 4.79 Å². The van der Waals surface area contributed by atoms with E-state index in [1.54, 1.807) is 0 Å². The van der Waals surface area contributed by atoms with Crippen molar-refractivity contribution in [3.05, 3.63) is 35.6 Å². The lowest BCUT2D eigenvalue weighted by Crippen LogP contribution is -2.20. The van der Waals surface area contributed by atoms with Crippen LogP contribution in [0.5, 0.6) is 0 Å². The molecule has 0 saturated heterocycles. The van der Waals surface area contributed by atoms with Gasteiger partial charge in [0.05, 0.1) is 5.57 Å². The second-order valence-electron chi connectivity index (χ2n) is 5.57. The monoisotopic (exact) mass is 289 g/mol. The van der Waals surface area contributed by atoms with Gasteiger partial charge in [-0.05, 0) is 36.3 Å². The van der Waals surface area contributed by atoms with Crippen LogP contribution in [0.1, 0.15) is 46.5 Å². The van der Waals surface area contributed by atoms with E-state index in [1.807, 2.05) is 6.08 Å². The van der Waals surface area contributed by atoms with E-state index >= 15 is 0 Å². The Kier molecular flexibility index (Phi) is 6.40. The molecule has 0 bridgehead atoms. The van der Waals surface area contributed by atoms with Crippen molar-refractivity contribution in [3.8, 4) is 0 Å². The smallest absolute Gasteiger partial charge is 0.250 e. The van der Waals surface area contributed by atoms with Crippen molar-refractivity contribution in [2.45, 2.75) is 46.5 Å². The maximum Gasteiger partial charge on any atom is 0.250 e. The zero-order valence-corrected chi connectivity index (χ0v) is 13.4. The highest BCUT2D eigenvalue weighted by atomic mass is 16.1. The molecule has 1 atom stereocenters. The minimum atomic E-state index is -0.463. The molecule has 4 nitrogen and oxygen atoms in total. The summed E-state index contributed by atoms with van der Waals surface area (Å²) in [6, 6.07) is 0. The molecule has 1 aliphatic heterocycles. The summed E-state index contributed by atoms with van der Waals surface area (Å²) in [4.78, 5) is 15.8.